The molecule has 1 aromatic rings. The number of aryl methyl sites for hydroxylation is 1. The smallest absolute Gasteiger partial charge is 0.236 e. The van der Waals surface area contributed by atoms with Crippen LogP contribution in [-0.4, -0.2) is 29.3 Å². The number of benzene rings is 1. The zero-order valence-corrected chi connectivity index (χ0v) is 15.0. The van der Waals surface area contributed by atoms with E-state index in [0.717, 1.165) is 45.1 Å². The lowest BCUT2D eigenvalue weighted by molar-refractivity contribution is -0.124. The van der Waals surface area contributed by atoms with E-state index in [2.05, 4.69) is 48.7 Å². The van der Waals surface area contributed by atoms with Gasteiger partial charge in [-0.1, -0.05) is 30.5 Å². The summed E-state index contributed by atoms with van der Waals surface area (Å²) < 4.78 is -0.261. The van der Waals surface area contributed by atoms with E-state index in [-0.39, 0.29) is 10.7 Å². The van der Waals surface area contributed by atoms with Crippen LogP contribution in [0.2, 0.25) is 0 Å². The Morgan fingerprint density at radius 1 is 1.26 bits per heavy atom. The first kappa shape index (κ1) is 16.8. The van der Waals surface area contributed by atoms with Crippen LogP contribution in [0.4, 0.5) is 0 Å². The first-order chi connectivity index (χ1) is 11.1. The van der Waals surface area contributed by atoms with Gasteiger partial charge in [0, 0.05) is 17.0 Å². The van der Waals surface area contributed by atoms with Gasteiger partial charge in [-0.2, -0.15) is 0 Å². The first-order valence-electron chi connectivity index (χ1n) is 8.87. The molecule has 0 aromatic heterocycles. The molecule has 1 saturated carbocycles. The van der Waals surface area contributed by atoms with E-state index in [1.165, 1.54) is 10.5 Å². The van der Waals surface area contributed by atoms with E-state index in [1.54, 1.807) is 11.8 Å². The van der Waals surface area contributed by atoms with Crippen LogP contribution in [0.3, 0.4) is 0 Å². The maximum Gasteiger partial charge on any atom is 0.236 e. The third kappa shape index (κ3) is 4.10. The molecule has 1 heterocycles. The molecule has 1 aliphatic heterocycles. The number of rotatable bonds is 4. The highest BCUT2D eigenvalue weighted by Crippen LogP contribution is 2.45. The van der Waals surface area contributed by atoms with Gasteiger partial charge in [-0.15, -0.1) is 11.8 Å². The van der Waals surface area contributed by atoms with Crippen LogP contribution < -0.4 is 10.6 Å². The lowest BCUT2D eigenvalue weighted by Gasteiger charge is -2.33. The number of carbonyl (C=O) groups is 1. The summed E-state index contributed by atoms with van der Waals surface area (Å²) in [6.07, 6.45) is 6.40. The van der Waals surface area contributed by atoms with E-state index in [4.69, 9.17) is 0 Å². The van der Waals surface area contributed by atoms with Crippen molar-refractivity contribution in [2.45, 2.75) is 74.1 Å². The molecule has 2 N–H and O–H groups in total. The second-order valence-corrected chi connectivity index (χ2v) is 8.62. The second kappa shape index (κ2) is 7.27. The SMILES string of the molecule is Cc1ccc(SC2(C(=O)NC3CCNC(C)C3)CCCC2)cc1. The van der Waals surface area contributed by atoms with Crippen molar-refractivity contribution >= 4 is 17.7 Å². The lowest BCUT2D eigenvalue weighted by atomic mass is 9.98. The largest absolute Gasteiger partial charge is 0.352 e. The number of carbonyl (C=O) groups excluding carboxylic acids is 1. The van der Waals surface area contributed by atoms with Gasteiger partial charge in [-0.3, -0.25) is 4.79 Å². The van der Waals surface area contributed by atoms with Crippen LogP contribution in [0, 0.1) is 6.92 Å². The fourth-order valence-corrected chi connectivity index (χ4v) is 5.10. The summed E-state index contributed by atoms with van der Waals surface area (Å²) in [6, 6.07) is 9.41. The van der Waals surface area contributed by atoms with Crippen molar-refractivity contribution in [3.05, 3.63) is 29.8 Å². The molecular weight excluding hydrogens is 304 g/mol. The van der Waals surface area contributed by atoms with Crippen molar-refractivity contribution < 1.29 is 4.79 Å². The van der Waals surface area contributed by atoms with Crippen molar-refractivity contribution in [1.82, 2.24) is 10.6 Å². The van der Waals surface area contributed by atoms with Crippen molar-refractivity contribution in [1.29, 1.82) is 0 Å². The van der Waals surface area contributed by atoms with E-state index < -0.39 is 0 Å². The third-order valence-corrected chi connectivity index (χ3v) is 6.61. The molecule has 3 nitrogen and oxygen atoms in total. The number of thioether (sulfide) groups is 1. The van der Waals surface area contributed by atoms with Crippen LogP contribution >= 0.6 is 11.8 Å². The van der Waals surface area contributed by atoms with Gasteiger partial charge in [0.15, 0.2) is 0 Å². The quantitative estimate of drug-likeness (QED) is 0.884. The van der Waals surface area contributed by atoms with Crippen molar-refractivity contribution in [3.63, 3.8) is 0 Å². The fraction of sp³-hybridized carbons (Fsp3) is 0.632. The predicted octanol–water partition coefficient (Wildman–Crippen LogP) is 3.66. The second-order valence-electron chi connectivity index (χ2n) is 7.17. The Hall–Kier alpha value is -1.00. The molecule has 2 aliphatic rings. The molecule has 0 radical (unpaired) electrons. The minimum Gasteiger partial charge on any atom is -0.352 e. The average Bonchev–Trinajstić information content (AvgIpc) is 2.99. The maximum absolute atomic E-state index is 13.1. The molecule has 2 fully saturated rings. The van der Waals surface area contributed by atoms with Crippen LogP contribution in [0.1, 0.15) is 51.0 Å². The highest BCUT2D eigenvalue weighted by Gasteiger charge is 2.43. The zero-order chi connectivity index (χ0) is 16.3. The predicted molar refractivity (Wildman–Crippen MR) is 96.9 cm³/mol. The van der Waals surface area contributed by atoms with Gasteiger partial charge < -0.3 is 10.6 Å². The molecule has 1 amide bonds. The molecule has 2 atom stereocenters. The van der Waals surface area contributed by atoms with Crippen molar-refractivity contribution in [3.8, 4) is 0 Å². The normalized spacial score (nSPS) is 26.9. The molecule has 0 bridgehead atoms. The van der Waals surface area contributed by atoms with Crippen molar-refractivity contribution in [2.75, 3.05) is 6.54 Å². The topological polar surface area (TPSA) is 41.1 Å². The number of nitrogens with one attached hydrogen (secondary N) is 2. The Morgan fingerprint density at radius 2 is 1.96 bits per heavy atom. The van der Waals surface area contributed by atoms with E-state index >= 15 is 0 Å². The number of hydrogen-bond donors (Lipinski definition) is 2. The summed E-state index contributed by atoms with van der Waals surface area (Å²) in [5.74, 6) is 0.264. The van der Waals surface area contributed by atoms with Crippen LogP contribution in [-0.2, 0) is 4.79 Å². The van der Waals surface area contributed by atoms with E-state index in [0.29, 0.717) is 12.1 Å². The number of amides is 1. The molecule has 1 aromatic carbocycles. The molecule has 0 spiro atoms. The summed E-state index contributed by atoms with van der Waals surface area (Å²) in [6.45, 7) is 5.31. The molecule has 4 heteroatoms. The molecule has 1 saturated heterocycles. The van der Waals surface area contributed by atoms with Gasteiger partial charge in [0.25, 0.3) is 0 Å². The Balaban J connectivity index is 1.69. The molecule has 2 unspecified atom stereocenters. The maximum atomic E-state index is 13.1. The van der Waals surface area contributed by atoms with Gasteiger partial charge in [0.2, 0.25) is 5.91 Å². The fourth-order valence-electron chi connectivity index (χ4n) is 3.73. The molecule has 23 heavy (non-hydrogen) atoms. The van der Waals surface area contributed by atoms with E-state index in [9.17, 15) is 4.79 Å². The van der Waals surface area contributed by atoms with Gasteiger partial charge in [0.05, 0.1) is 4.75 Å². The average molecular weight is 333 g/mol. The summed E-state index contributed by atoms with van der Waals surface area (Å²) in [5, 5.41) is 6.82. The monoisotopic (exact) mass is 332 g/mol. The van der Waals surface area contributed by atoms with Crippen LogP contribution in [0.5, 0.6) is 0 Å². The Morgan fingerprint density at radius 3 is 2.61 bits per heavy atom. The highest BCUT2D eigenvalue weighted by atomic mass is 32.2. The van der Waals surface area contributed by atoms with Gasteiger partial charge in [-0.25, -0.2) is 0 Å². The Kier molecular flexibility index (Phi) is 5.32. The molecule has 3 rings (SSSR count). The third-order valence-electron chi connectivity index (χ3n) is 5.12. The first-order valence-corrected chi connectivity index (χ1v) is 9.69. The Bertz CT molecular complexity index is 537. The molecule has 126 valence electrons. The number of hydrogen-bond acceptors (Lipinski definition) is 3. The minimum atomic E-state index is -0.261. The van der Waals surface area contributed by atoms with Gasteiger partial charge in [-0.05, 0) is 58.2 Å². The minimum absolute atomic E-state index is 0.261. The molecular formula is C19H28N2OS. The summed E-state index contributed by atoms with van der Waals surface area (Å²) in [4.78, 5) is 14.3. The van der Waals surface area contributed by atoms with Crippen molar-refractivity contribution in [2.24, 2.45) is 0 Å². The van der Waals surface area contributed by atoms with Crippen LogP contribution in [0.25, 0.3) is 0 Å². The zero-order valence-electron chi connectivity index (χ0n) is 14.2. The lowest BCUT2D eigenvalue weighted by Crippen LogP contribution is -2.51. The summed E-state index contributed by atoms with van der Waals surface area (Å²) in [7, 11) is 0. The highest BCUT2D eigenvalue weighted by molar-refractivity contribution is 8.01. The summed E-state index contributed by atoms with van der Waals surface area (Å²) >= 11 is 1.78. The number of piperidine rings is 1. The van der Waals surface area contributed by atoms with Gasteiger partial charge >= 0.3 is 0 Å². The molecule has 1 aliphatic carbocycles. The van der Waals surface area contributed by atoms with Crippen LogP contribution in [0.15, 0.2) is 29.2 Å². The van der Waals surface area contributed by atoms with Gasteiger partial charge in [0.1, 0.15) is 0 Å². The summed E-state index contributed by atoms with van der Waals surface area (Å²) in [5.41, 5.74) is 1.27. The van der Waals surface area contributed by atoms with E-state index in [1.807, 2.05) is 0 Å². The standard InChI is InChI=1S/C19H28N2OS/c1-14-5-7-17(8-6-14)23-19(10-3-4-11-19)18(22)21-16-9-12-20-15(2)13-16/h5-8,15-16,20H,3-4,9-13H2,1-2H3,(H,21,22). The Labute approximate surface area is 144 Å².